The highest BCUT2D eigenvalue weighted by atomic mass is 16.5. The molecule has 1 aromatic heterocycles. The summed E-state index contributed by atoms with van der Waals surface area (Å²) in [5, 5.41) is 3.69. The van der Waals surface area contributed by atoms with E-state index in [-0.39, 0.29) is 5.91 Å². The maximum Gasteiger partial charge on any atom is 0.248 e. The van der Waals surface area contributed by atoms with Gasteiger partial charge in [0.05, 0.1) is 14.2 Å². The molecule has 0 unspecified atom stereocenters. The van der Waals surface area contributed by atoms with Gasteiger partial charge in [-0.1, -0.05) is 0 Å². The van der Waals surface area contributed by atoms with Gasteiger partial charge < -0.3 is 19.2 Å². The molecule has 1 amide bonds. The van der Waals surface area contributed by atoms with Crippen LogP contribution in [0.25, 0.3) is 17.0 Å². The number of carbonyl (C=O) groups is 1. The normalized spacial score (nSPS) is 10.9. The molecule has 0 bridgehead atoms. The molecule has 1 N–H and O–H groups in total. The van der Waals surface area contributed by atoms with Crippen LogP contribution in [-0.4, -0.2) is 20.1 Å². The van der Waals surface area contributed by atoms with Crippen LogP contribution in [0.1, 0.15) is 5.76 Å². The zero-order valence-electron chi connectivity index (χ0n) is 13.4. The zero-order valence-corrected chi connectivity index (χ0v) is 13.4. The monoisotopic (exact) mass is 323 g/mol. The number of ether oxygens (including phenoxy) is 2. The summed E-state index contributed by atoms with van der Waals surface area (Å²) in [5.74, 6) is 1.86. The number of methoxy groups -OCH3 is 2. The minimum Gasteiger partial charge on any atom is -0.497 e. The molecule has 0 saturated carbocycles. The molecule has 0 spiro atoms. The average Bonchev–Trinajstić information content (AvgIpc) is 3.02. The molecular formula is C19H17NO4. The molecule has 3 rings (SSSR count). The van der Waals surface area contributed by atoms with Crippen LogP contribution in [0.5, 0.6) is 11.5 Å². The molecule has 1 heterocycles. The third kappa shape index (κ3) is 3.57. The van der Waals surface area contributed by atoms with E-state index in [4.69, 9.17) is 13.9 Å². The minimum atomic E-state index is -0.238. The van der Waals surface area contributed by atoms with Crippen molar-refractivity contribution >= 4 is 28.6 Å². The van der Waals surface area contributed by atoms with E-state index >= 15 is 0 Å². The molecular weight excluding hydrogens is 306 g/mol. The largest absolute Gasteiger partial charge is 0.497 e. The molecule has 0 atom stereocenters. The number of anilines is 1. The van der Waals surface area contributed by atoms with Crippen LogP contribution in [0, 0.1) is 0 Å². The third-order valence-electron chi connectivity index (χ3n) is 3.50. The standard InChI is InChI=1S/C19H17NO4/c1-22-15-5-3-14(4-6-15)20-19(21)10-8-17-12-13-11-16(23-2)7-9-18(13)24-17/h3-12H,1-2H3,(H,20,21). The molecule has 24 heavy (non-hydrogen) atoms. The fourth-order valence-electron chi connectivity index (χ4n) is 2.27. The SMILES string of the molecule is COc1ccc(NC(=O)C=Cc2cc3cc(OC)ccc3o2)cc1. The molecule has 0 fully saturated rings. The third-order valence-corrected chi connectivity index (χ3v) is 3.50. The predicted octanol–water partition coefficient (Wildman–Crippen LogP) is 4.10. The summed E-state index contributed by atoms with van der Waals surface area (Å²) in [7, 11) is 3.21. The van der Waals surface area contributed by atoms with Gasteiger partial charge in [-0.05, 0) is 54.6 Å². The lowest BCUT2D eigenvalue weighted by molar-refractivity contribution is -0.111. The number of furan rings is 1. The maximum atomic E-state index is 12.0. The number of amides is 1. The number of benzene rings is 2. The molecule has 0 aliphatic heterocycles. The van der Waals surface area contributed by atoms with Crippen molar-refractivity contribution < 1.29 is 18.7 Å². The Labute approximate surface area is 139 Å². The average molecular weight is 323 g/mol. The lowest BCUT2D eigenvalue weighted by atomic mass is 10.2. The Morgan fingerprint density at radius 2 is 1.71 bits per heavy atom. The second kappa shape index (κ2) is 6.91. The predicted molar refractivity (Wildman–Crippen MR) is 93.4 cm³/mol. The highest BCUT2D eigenvalue weighted by Crippen LogP contribution is 2.24. The molecule has 0 radical (unpaired) electrons. The number of carbonyl (C=O) groups excluding carboxylic acids is 1. The smallest absolute Gasteiger partial charge is 0.248 e. The van der Waals surface area contributed by atoms with Gasteiger partial charge in [0.1, 0.15) is 22.8 Å². The van der Waals surface area contributed by atoms with Crippen LogP contribution in [-0.2, 0) is 4.79 Å². The Balaban J connectivity index is 1.68. The first kappa shape index (κ1) is 15.7. The summed E-state index contributed by atoms with van der Waals surface area (Å²) in [6.07, 6.45) is 3.06. The van der Waals surface area contributed by atoms with Gasteiger partial charge in [-0.2, -0.15) is 0 Å². The van der Waals surface area contributed by atoms with E-state index in [1.54, 1.807) is 44.6 Å². The van der Waals surface area contributed by atoms with E-state index in [1.807, 2.05) is 24.3 Å². The minimum absolute atomic E-state index is 0.238. The molecule has 3 aromatic rings. The van der Waals surface area contributed by atoms with Crippen LogP contribution < -0.4 is 14.8 Å². The van der Waals surface area contributed by atoms with Gasteiger partial charge in [-0.15, -0.1) is 0 Å². The van der Waals surface area contributed by atoms with Gasteiger partial charge in [-0.25, -0.2) is 0 Å². The quantitative estimate of drug-likeness (QED) is 0.718. The van der Waals surface area contributed by atoms with Crippen molar-refractivity contribution in [1.29, 1.82) is 0 Å². The topological polar surface area (TPSA) is 60.7 Å². The zero-order chi connectivity index (χ0) is 16.9. The molecule has 0 aliphatic carbocycles. The van der Waals surface area contributed by atoms with Gasteiger partial charge in [0, 0.05) is 17.1 Å². The Hall–Kier alpha value is -3.21. The highest BCUT2D eigenvalue weighted by Gasteiger charge is 2.04. The van der Waals surface area contributed by atoms with Crippen LogP contribution in [0.3, 0.4) is 0 Å². The maximum absolute atomic E-state index is 12.0. The first-order valence-electron chi connectivity index (χ1n) is 7.38. The van der Waals surface area contributed by atoms with Crippen molar-refractivity contribution in [2.24, 2.45) is 0 Å². The molecule has 0 aliphatic rings. The Bertz CT molecular complexity index is 878. The van der Waals surface area contributed by atoms with Crippen LogP contribution in [0.15, 0.2) is 59.0 Å². The van der Waals surface area contributed by atoms with Crippen molar-refractivity contribution in [1.82, 2.24) is 0 Å². The van der Waals surface area contributed by atoms with Gasteiger partial charge in [0.2, 0.25) is 5.91 Å². The first-order valence-corrected chi connectivity index (χ1v) is 7.38. The lowest BCUT2D eigenvalue weighted by Gasteiger charge is -2.03. The van der Waals surface area contributed by atoms with E-state index < -0.39 is 0 Å². The molecule has 2 aromatic carbocycles. The van der Waals surface area contributed by atoms with Crippen LogP contribution in [0.4, 0.5) is 5.69 Å². The molecule has 0 saturated heterocycles. The summed E-state index contributed by atoms with van der Waals surface area (Å²) in [6, 6.07) is 14.5. The number of hydrogen-bond donors (Lipinski definition) is 1. The van der Waals surface area contributed by atoms with Crippen LogP contribution in [0.2, 0.25) is 0 Å². The lowest BCUT2D eigenvalue weighted by Crippen LogP contribution is -2.07. The van der Waals surface area contributed by atoms with Crippen molar-refractivity contribution in [2.45, 2.75) is 0 Å². The number of hydrogen-bond acceptors (Lipinski definition) is 4. The van der Waals surface area contributed by atoms with Gasteiger partial charge in [-0.3, -0.25) is 4.79 Å². The van der Waals surface area contributed by atoms with Gasteiger partial charge in [0.25, 0.3) is 0 Å². The highest BCUT2D eigenvalue weighted by molar-refractivity contribution is 6.02. The fourth-order valence-corrected chi connectivity index (χ4v) is 2.27. The first-order chi connectivity index (χ1) is 11.7. The summed E-state index contributed by atoms with van der Waals surface area (Å²) in [5.41, 5.74) is 1.44. The van der Waals surface area contributed by atoms with Crippen molar-refractivity contribution in [3.8, 4) is 11.5 Å². The van der Waals surface area contributed by atoms with Crippen molar-refractivity contribution in [3.05, 3.63) is 60.4 Å². The Morgan fingerprint density at radius 3 is 2.42 bits per heavy atom. The second-order valence-electron chi connectivity index (χ2n) is 5.10. The van der Waals surface area contributed by atoms with E-state index in [2.05, 4.69) is 5.32 Å². The number of fused-ring (bicyclic) bond motifs is 1. The molecule has 5 nitrogen and oxygen atoms in total. The summed E-state index contributed by atoms with van der Waals surface area (Å²) in [4.78, 5) is 12.0. The summed E-state index contributed by atoms with van der Waals surface area (Å²) >= 11 is 0. The van der Waals surface area contributed by atoms with Crippen LogP contribution >= 0.6 is 0 Å². The Kier molecular flexibility index (Phi) is 4.52. The summed E-state index contributed by atoms with van der Waals surface area (Å²) < 4.78 is 15.9. The molecule has 5 heteroatoms. The number of rotatable bonds is 5. The van der Waals surface area contributed by atoms with Gasteiger partial charge in [0.15, 0.2) is 0 Å². The second-order valence-corrected chi connectivity index (χ2v) is 5.10. The van der Waals surface area contributed by atoms with Gasteiger partial charge >= 0.3 is 0 Å². The van der Waals surface area contributed by atoms with E-state index in [9.17, 15) is 4.79 Å². The van der Waals surface area contributed by atoms with Crippen molar-refractivity contribution in [3.63, 3.8) is 0 Å². The number of nitrogens with one attached hydrogen (secondary N) is 1. The summed E-state index contributed by atoms with van der Waals surface area (Å²) in [6.45, 7) is 0. The molecule has 122 valence electrons. The van der Waals surface area contributed by atoms with E-state index in [0.29, 0.717) is 11.4 Å². The van der Waals surface area contributed by atoms with E-state index in [1.165, 1.54) is 6.08 Å². The fraction of sp³-hybridized carbons (Fsp3) is 0.105. The Morgan fingerprint density at radius 1 is 1.00 bits per heavy atom. The van der Waals surface area contributed by atoms with E-state index in [0.717, 1.165) is 22.5 Å². The van der Waals surface area contributed by atoms with Crippen molar-refractivity contribution in [2.75, 3.05) is 19.5 Å².